The molecule has 0 bridgehead atoms. The third kappa shape index (κ3) is 3.49. The Bertz CT molecular complexity index is 580. The van der Waals surface area contributed by atoms with Crippen LogP contribution in [-0.2, 0) is 0 Å². The largest absolute Gasteiger partial charge is 0.459 e. The first-order valence-corrected chi connectivity index (χ1v) is 8.49. The molecule has 0 spiro atoms. The van der Waals surface area contributed by atoms with E-state index in [9.17, 15) is 0 Å². The van der Waals surface area contributed by atoms with E-state index >= 15 is 0 Å². The lowest BCUT2D eigenvalue weighted by atomic mass is 9.96. The molecule has 1 N–H and O–H groups in total. The maximum Gasteiger partial charge on any atom is 0.134 e. The average molecular weight is 285 g/mol. The normalized spacial score (nSPS) is 17.6. The topological polar surface area (TPSA) is 25.2 Å². The van der Waals surface area contributed by atoms with E-state index in [-0.39, 0.29) is 0 Å². The summed E-state index contributed by atoms with van der Waals surface area (Å²) >= 11 is 0. The number of hydrogen-bond donors (Lipinski definition) is 1. The maximum atomic E-state index is 6.13. The third-order valence-corrected chi connectivity index (χ3v) is 4.72. The fourth-order valence-corrected chi connectivity index (χ4v) is 3.55. The quantitative estimate of drug-likeness (QED) is 0.772. The lowest BCUT2D eigenvalue weighted by Gasteiger charge is -2.19. The van der Waals surface area contributed by atoms with E-state index in [1.54, 1.807) is 0 Å². The van der Waals surface area contributed by atoms with E-state index in [1.165, 1.54) is 49.5 Å². The highest BCUT2D eigenvalue weighted by Gasteiger charge is 2.23. The van der Waals surface area contributed by atoms with Gasteiger partial charge in [0.2, 0.25) is 0 Å². The minimum absolute atomic E-state index is 0.376. The molecule has 0 aliphatic heterocycles. The highest BCUT2D eigenvalue weighted by Crippen LogP contribution is 2.34. The van der Waals surface area contributed by atoms with Crippen molar-refractivity contribution in [3.8, 4) is 0 Å². The molecular formula is C19H27NO. The Hall–Kier alpha value is -1.28. The second kappa shape index (κ2) is 6.65. The summed E-state index contributed by atoms with van der Waals surface area (Å²) in [6, 6.07) is 9.06. The zero-order chi connectivity index (χ0) is 14.7. The van der Waals surface area contributed by atoms with Gasteiger partial charge in [0, 0.05) is 5.39 Å². The molecule has 1 unspecified atom stereocenters. The Balaban J connectivity index is 1.81. The van der Waals surface area contributed by atoms with Gasteiger partial charge in [-0.05, 0) is 50.4 Å². The Morgan fingerprint density at radius 3 is 2.81 bits per heavy atom. The van der Waals surface area contributed by atoms with Crippen LogP contribution in [0, 0.1) is 12.8 Å². The van der Waals surface area contributed by atoms with Crippen molar-refractivity contribution in [1.29, 1.82) is 0 Å². The average Bonchev–Trinajstić information content (AvgIpc) is 3.11. The third-order valence-electron chi connectivity index (χ3n) is 4.72. The van der Waals surface area contributed by atoms with Crippen LogP contribution in [0.2, 0.25) is 0 Å². The van der Waals surface area contributed by atoms with Gasteiger partial charge in [-0.1, -0.05) is 44.2 Å². The van der Waals surface area contributed by atoms with Crippen molar-refractivity contribution < 1.29 is 4.42 Å². The van der Waals surface area contributed by atoms with Gasteiger partial charge in [-0.3, -0.25) is 0 Å². The number of benzene rings is 1. The standard InChI is InChI=1S/C19H27NO/c1-3-10-20-17(12-15-6-4-5-7-15)19-13-16-11-14(2)8-9-18(16)21-19/h8-9,11,13,15,17,20H,3-7,10,12H2,1-2H3. The van der Waals surface area contributed by atoms with Gasteiger partial charge in [-0.15, -0.1) is 0 Å². The van der Waals surface area contributed by atoms with Gasteiger partial charge in [0.25, 0.3) is 0 Å². The van der Waals surface area contributed by atoms with Crippen molar-refractivity contribution in [1.82, 2.24) is 5.32 Å². The number of furan rings is 1. The highest BCUT2D eigenvalue weighted by molar-refractivity contribution is 5.78. The number of aryl methyl sites for hydroxylation is 1. The Morgan fingerprint density at radius 2 is 2.05 bits per heavy atom. The Morgan fingerprint density at radius 1 is 1.24 bits per heavy atom. The zero-order valence-corrected chi connectivity index (χ0v) is 13.3. The monoisotopic (exact) mass is 285 g/mol. The summed E-state index contributed by atoms with van der Waals surface area (Å²) in [5.41, 5.74) is 2.31. The molecule has 1 aliphatic rings. The molecule has 2 heteroatoms. The smallest absolute Gasteiger partial charge is 0.134 e. The number of nitrogens with one attached hydrogen (secondary N) is 1. The molecule has 1 aromatic heterocycles. The van der Waals surface area contributed by atoms with Crippen LogP contribution in [0.15, 0.2) is 28.7 Å². The van der Waals surface area contributed by atoms with Gasteiger partial charge in [0.15, 0.2) is 0 Å². The van der Waals surface area contributed by atoms with E-state index in [0.29, 0.717) is 6.04 Å². The highest BCUT2D eigenvalue weighted by atomic mass is 16.3. The summed E-state index contributed by atoms with van der Waals surface area (Å²) in [5.74, 6) is 1.99. The van der Waals surface area contributed by atoms with Crippen LogP contribution < -0.4 is 5.32 Å². The predicted molar refractivity (Wildman–Crippen MR) is 88.6 cm³/mol. The van der Waals surface area contributed by atoms with Crippen LogP contribution in [0.3, 0.4) is 0 Å². The van der Waals surface area contributed by atoms with Crippen LogP contribution in [0.5, 0.6) is 0 Å². The summed E-state index contributed by atoms with van der Waals surface area (Å²) < 4.78 is 6.13. The molecule has 0 saturated heterocycles. The summed E-state index contributed by atoms with van der Waals surface area (Å²) in [7, 11) is 0. The summed E-state index contributed by atoms with van der Waals surface area (Å²) in [6.45, 7) is 5.42. The molecule has 114 valence electrons. The van der Waals surface area contributed by atoms with Crippen LogP contribution in [0.4, 0.5) is 0 Å². The van der Waals surface area contributed by atoms with Gasteiger partial charge in [-0.25, -0.2) is 0 Å². The molecule has 1 fully saturated rings. The molecule has 0 amide bonds. The second-order valence-corrected chi connectivity index (χ2v) is 6.58. The van der Waals surface area contributed by atoms with Gasteiger partial charge in [0.05, 0.1) is 6.04 Å². The fraction of sp³-hybridized carbons (Fsp3) is 0.579. The molecule has 1 aromatic carbocycles. The van der Waals surface area contributed by atoms with Crippen LogP contribution in [0.25, 0.3) is 11.0 Å². The lowest BCUT2D eigenvalue weighted by molar-refractivity contribution is 0.350. The molecule has 2 nitrogen and oxygen atoms in total. The van der Waals surface area contributed by atoms with Crippen molar-refractivity contribution in [3.63, 3.8) is 0 Å². The van der Waals surface area contributed by atoms with E-state index < -0.39 is 0 Å². The second-order valence-electron chi connectivity index (χ2n) is 6.58. The molecule has 21 heavy (non-hydrogen) atoms. The molecular weight excluding hydrogens is 258 g/mol. The molecule has 1 heterocycles. The van der Waals surface area contributed by atoms with E-state index in [4.69, 9.17) is 4.42 Å². The first-order valence-electron chi connectivity index (χ1n) is 8.49. The Kier molecular flexibility index (Phi) is 4.64. The molecule has 0 radical (unpaired) electrons. The first-order chi connectivity index (χ1) is 10.3. The molecule has 1 aliphatic carbocycles. The Labute approximate surface area is 127 Å². The predicted octanol–water partition coefficient (Wildman–Crippen LogP) is 5.36. The molecule has 2 aromatic rings. The lowest BCUT2D eigenvalue weighted by Crippen LogP contribution is -2.23. The fourth-order valence-electron chi connectivity index (χ4n) is 3.55. The summed E-state index contributed by atoms with van der Waals surface area (Å²) in [6.07, 6.45) is 7.99. The first kappa shape index (κ1) is 14.6. The SMILES string of the molecule is CCCNC(CC1CCCC1)c1cc2cc(C)ccc2o1. The molecule has 1 atom stereocenters. The zero-order valence-electron chi connectivity index (χ0n) is 13.3. The summed E-state index contributed by atoms with van der Waals surface area (Å²) in [4.78, 5) is 0. The molecule has 1 saturated carbocycles. The van der Waals surface area contributed by atoms with Crippen LogP contribution in [0.1, 0.15) is 62.8 Å². The van der Waals surface area contributed by atoms with Crippen molar-refractivity contribution in [2.75, 3.05) is 6.54 Å². The maximum absolute atomic E-state index is 6.13. The number of fused-ring (bicyclic) bond motifs is 1. The minimum Gasteiger partial charge on any atom is -0.459 e. The van der Waals surface area contributed by atoms with Crippen molar-refractivity contribution in [2.45, 2.75) is 58.4 Å². The van der Waals surface area contributed by atoms with Crippen molar-refractivity contribution >= 4 is 11.0 Å². The molecule has 3 rings (SSSR count). The van der Waals surface area contributed by atoms with Crippen molar-refractivity contribution in [2.24, 2.45) is 5.92 Å². The van der Waals surface area contributed by atoms with Crippen molar-refractivity contribution in [3.05, 3.63) is 35.6 Å². The van der Waals surface area contributed by atoms with Gasteiger partial charge >= 0.3 is 0 Å². The van der Waals surface area contributed by atoms with Gasteiger partial charge in [0.1, 0.15) is 11.3 Å². The van der Waals surface area contributed by atoms with E-state index in [1.807, 2.05) is 0 Å². The van der Waals surface area contributed by atoms with E-state index in [2.05, 4.69) is 43.4 Å². The van der Waals surface area contributed by atoms with E-state index in [0.717, 1.165) is 23.8 Å². The number of rotatable bonds is 6. The van der Waals surface area contributed by atoms with Crippen LogP contribution >= 0.6 is 0 Å². The van der Waals surface area contributed by atoms with Gasteiger partial charge < -0.3 is 9.73 Å². The summed E-state index contributed by atoms with van der Waals surface area (Å²) in [5, 5.41) is 4.93. The minimum atomic E-state index is 0.376. The number of hydrogen-bond acceptors (Lipinski definition) is 2. The van der Waals surface area contributed by atoms with Gasteiger partial charge in [-0.2, -0.15) is 0 Å². The van der Waals surface area contributed by atoms with Crippen LogP contribution in [-0.4, -0.2) is 6.54 Å².